The van der Waals surface area contributed by atoms with Crippen LogP contribution in [0.4, 0.5) is 0 Å². The van der Waals surface area contributed by atoms with Crippen LogP contribution in [0.1, 0.15) is 142 Å². The molecule has 0 aromatic carbocycles. The van der Waals surface area contributed by atoms with E-state index < -0.39 is 49.5 Å². The molecule has 9 nitrogen and oxygen atoms in total. The fourth-order valence-corrected chi connectivity index (χ4v) is 5.59. The van der Waals surface area contributed by atoms with Crippen molar-refractivity contribution in [2.75, 3.05) is 13.2 Å². The van der Waals surface area contributed by atoms with Gasteiger partial charge in [0.1, 0.15) is 24.4 Å². The first-order valence-corrected chi connectivity index (χ1v) is 18.7. The maximum absolute atomic E-state index is 12.8. The Kier molecular flexibility index (Phi) is 27.1. The number of rotatable bonds is 29. The average Bonchev–Trinajstić information content (AvgIpc) is 3.07. The lowest BCUT2D eigenvalue weighted by Crippen LogP contribution is -2.60. The Morgan fingerprint density at radius 3 is 1.83 bits per heavy atom. The van der Waals surface area contributed by atoms with Crippen LogP contribution in [-0.2, 0) is 14.3 Å². The normalized spacial score (nSPS) is 23.3. The van der Waals surface area contributed by atoms with Gasteiger partial charge >= 0.3 is 0 Å². The van der Waals surface area contributed by atoms with E-state index in [0.717, 1.165) is 70.6 Å². The van der Waals surface area contributed by atoms with Gasteiger partial charge in [0.05, 0.1) is 25.4 Å². The highest BCUT2D eigenvalue weighted by Gasteiger charge is 2.44. The van der Waals surface area contributed by atoms with Gasteiger partial charge in [-0.3, -0.25) is 4.79 Å². The molecule has 1 aliphatic heterocycles. The quantitative estimate of drug-likeness (QED) is 0.0411. The summed E-state index contributed by atoms with van der Waals surface area (Å²) in [5.41, 5.74) is 0. The van der Waals surface area contributed by atoms with E-state index in [9.17, 15) is 30.3 Å². The summed E-state index contributed by atoms with van der Waals surface area (Å²) >= 11 is 0. The average molecular weight is 668 g/mol. The molecule has 0 aromatic rings. The van der Waals surface area contributed by atoms with Gasteiger partial charge < -0.3 is 40.3 Å². The number of unbranched alkanes of at least 4 members (excludes halogenated alkanes) is 15. The Labute approximate surface area is 285 Å². The SMILES string of the molecule is CCCCCC/C=C\C/C=C\CCCCCCCCCC(=O)NC(COC1OC(CO)C(O)C(O)C1O)C(O)/C=C/CCCCCC. The Bertz CT molecular complexity index is 833. The molecular weight excluding hydrogens is 598 g/mol. The van der Waals surface area contributed by atoms with Crippen LogP contribution in [0.25, 0.3) is 0 Å². The minimum Gasteiger partial charge on any atom is -0.394 e. The highest BCUT2D eigenvalue weighted by atomic mass is 16.7. The predicted octanol–water partition coefficient (Wildman–Crippen LogP) is 6.16. The van der Waals surface area contributed by atoms with Crippen LogP contribution in [0.3, 0.4) is 0 Å². The molecule has 7 atom stereocenters. The molecule has 47 heavy (non-hydrogen) atoms. The first kappa shape index (κ1) is 43.4. The van der Waals surface area contributed by atoms with E-state index in [1.807, 2.05) is 6.08 Å². The molecule has 274 valence electrons. The molecule has 0 spiro atoms. The van der Waals surface area contributed by atoms with Crippen molar-refractivity contribution in [2.24, 2.45) is 0 Å². The third-order valence-electron chi connectivity index (χ3n) is 8.71. The molecule has 1 fully saturated rings. The number of carbonyl (C=O) groups excluding carboxylic acids is 1. The number of amides is 1. The van der Waals surface area contributed by atoms with Crippen molar-refractivity contribution in [2.45, 2.75) is 185 Å². The second-order valence-corrected chi connectivity index (χ2v) is 13.0. The number of aliphatic hydroxyl groups excluding tert-OH is 5. The maximum Gasteiger partial charge on any atom is 0.220 e. The minimum atomic E-state index is -1.56. The van der Waals surface area contributed by atoms with Gasteiger partial charge in [0.25, 0.3) is 0 Å². The second-order valence-electron chi connectivity index (χ2n) is 13.0. The number of hydrogen-bond donors (Lipinski definition) is 6. The summed E-state index contributed by atoms with van der Waals surface area (Å²) in [6.45, 7) is 3.63. The molecule has 7 unspecified atom stereocenters. The Morgan fingerprint density at radius 2 is 1.26 bits per heavy atom. The molecule has 0 radical (unpaired) electrons. The van der Waals surface area contributed by atoms with Crippen molar-refractivity contribution in [1.82, 2.24) is 5.32 Å². The highest BCUT2D eigenvalue weighted by molar-refractivity contribution is 5.76. The number of ether oxygens (including phenoxy) is 2. The molecule has 1 heterocycles. The lowest BCUT2D eigenvalue weighted by molar-refractivity contribution is -0.302. The lowest BCUT2D eigenvalue weighted by atomic mass is 9.99. The third kappa shape index (κ3) is 21.2. The van der Waals surface area contributed by atoms with E-state index in [2.05, 4.69) is 43.5 Å². The Morgan fingerprint density at radius 1 is 0.723 bits per heavy atom. The van der Waals surface area contributed by atoms with E-state index in [0.29, 0.717) is 6.42 Å². The van der Waals surface area contributed by atoms with Gasteiger partial charge in [0, 0.05) is 6.42 Å². The molecule has 1 amide bonds. The molecule has 6 N–H and O–H groups in total. The van der Waals surface area contributed by atoms with Crippen molar-refractivity contribution in [1.29, 1.82) is 0 Å². The number of hydrogen-bond acceptors (Lipinski definition) is 8. The van der Waals surface area contributed by atoms with E-state index in [1.165, 1.54) is 51.4 Å². The lowest BCUT2D eigenvalue weighted by Gasteiger charge is -2.40. The number of carbonyl (C=O) groups is 1. The zero-order valence-corrected chi connectivity index (χ0v) is 29.5. The van der Waals surface area contributed by atoms with Crippen LogP contribution in [0.15, 0.2) is 36.5 Å². The largest absolute Gasteiger partial charge is 0.394 e. The van der Waals surface area contributed by atoms with Gasteiger partial charge in [-0.05, 0) is 51.4 Å². The summed E-state index contributed by atoms with van der Waals surface area (Å²) in [6.07, 6.45) is 26.4. The molecule has 9 heteroatoms. The first-order chi connectivity index (χ1) is 22.8. The number of allylic oxidation sites excluding steroid dienone is 5. The summed E-state index contributed by atoms with van der Waals surface area (Å²) in [4.78, 5) is 12.8. The molecule has 1 aliphatic rings. The van der Waals surface area contributed by atoms with Crippen molar-refractivity contribution in [3.05, 3.63) is 36.5 Å². The maximum atomic E-state index is 12.8. The molecule has 1 saturated heterocycles. The molecule has 0 bridgehead atoms. The minimum absolute atomic E-state index is 0.194. The van der Waals surface area contributed by atoms with Gasteiger partial charge in [0.2, 0.25) is 5.91 Å². The summed E-state index contributed by atoms with van der Waals surface area (Å²) < 4.78 is 11.1. The van der Waals surface area contributed by atoms with Gasteiger partial charge in [0.15, 0.2) is 6.29 Å². The van der Waals surface area contributed by atoms with Crippen LogP contribution in [0, 0.1) is 0 Å². The Hall–Kier alpha value is -1.59. The first-order valence-electron chi connectivity index (χ1n) is 18.7. The van der Waals surface area contributed by atoms with Crippen molar-refractivity contribution in [3.8, 4) is 0 Å². The monoisotopic (exact) mass is 668 g/mol. The van der Waals surface area contributed by atoms with Crippen LogP contribution < -0.4 is 5.32 Å². The predicted molar refractivity (Wildman–Crippen MR) is 189 cm³/mol. The van der Waals surface area contributed by atoms with Gasteiger partial charge in [-0.2, -0.15) is 0 Å². The van der Waals surface area contributed by atoms with Gasteiger partial charge in [-0.1, -0.05) is 121 Å². The molecule has 0 saturated carbocycles. The summed E-state index contributed by atoms with van der Waals surface area (Å²) in [7, 11) is 0. The van der Waals surface area contributed by atoms with E-state index in [-0.39, 0.29) is 12.5 Å². The second kappa shape index (κ2) is 29.3. The molecule has 1 rings (SSSR count). The summed E-state index contributed by atoms with van der Waals surface area (Å²) in [5.74, 6) is -0.194. The smallest absolute Gasteiger partial charge is 0.220 e. The fraction of sp³-hybridized carbons (Fsp3) is 0.816. The number of aliphatic hydroxyl groups is 5. The van der Waals surface area contributed by atoms with Gasteiger partial charge in [-0.15, -0.1) is 0 Å². The standard InChI is InChI=1S/C38H69NO8/c1-3-5-7-9-11-12-13-14-15-16-17-18-19-20-21-22-24-26-28-34(42)39-31(32(41)27-25-23-10-8-6-4-2)30-46-38-37(45)36(44)35(43)33(29-40)47-38/h12-13,15-16,25,27,31-33,35-38,40-41,43-45H,3-11,14,17-24,26,28-30H2,1-2H3,(H,39,42)/b13-12-,16-15-,27-25+. The zero-order valence-electron chi connectivity index (χ0n) is 29.5. The molecule has 0 aliphatic carbocycles. The topological polar surface area (TPSA) is 149 Å². The number of nitrogens with one attached hydrogen (secondary N) is 1. The highest BCUT2D eigenvalue weighted by Crippen LogP contribution is 2.22. The van der Waals surface area contributed by atoms with Crippen molar-refractivity contribution < 1.29 is 39.8 Å². The molecule has 0 aromatic heterocycles. The van der Waals surface area contributed by atoms with Crippen molar-refractivity contribution >= 4 is 5.91 Å². The summed E-state index contributed by atoms with van der Waals surface area (Å²) in [6, 6.07) is -0.803. The zero-order chi connectivity index (χ0) is 34.5. The van der Waals surface area contributed by atoms with Gasteiger partial charge in [-0.25, -0.2) is 0 Å². The van der Waals surface area contributed by atoms with Crippen LogP contribution in [0.5, 0.6) is 0 Å². The van der Waals surface area contributed by atoms with E-state index in [1.54, 1.807) is 6.08 Å². The summed E-state index contributed by atoms with van der Waals surface area (Å²) in [5, 5.41) is 53.6. The third-order valence-corrected chi connectivity index (χ3v) is 8.71. The molecular formula is C38H69NO8. The van der Waals surface area contributed by atoms with E-state index in [4.69, 9.17) is 9.47 Å². The van der Waals surface area contributed by atoms with Crippen LogP contribution >= 0.6 is 0 Å². The van der Waals surface area contributed by atoms with Crippen LogP contribution in [0.2, 0.25) is 0 Å². The van der Waals surface area contributed by atoms with Crippen molar-refractivity contribution in [3.63, 3.8) is 0 Å². The Balaban J connectivity index is 2.35. The fourth-order valence-electron chi connectivity index (χ4n) is 5.59. The van der Waals surface area contributed by atoms with E-state index >= 15 is 0 Å². The van der Waals surface area contributed by atoms with Crippen LogP contribution in [-0.4, -0.2) is 87.5 Å².